The molecule has 2 atom stereocenters. The van der Waals surface area contributed by atoms with Crippen molar-refractivity contribution in [3.63, 3.8) is 0 Å². The van der Waals surface area contributed by atoms with E-state index in [0.29, 0.717) is 12.5 Å². The Balaban J connectivity index is 0.000000720. The molecule has 0 aromatic heterocycles. The number of rotatable bonds is 1. The number of likely N-dealkylation sites (tertiary alicyclic amines) is 1. The van der Waals surface area contributed by atoms with Crippen LogP contribution in [0, 0.1) is 11.3 Å². The first-order chi connectivity index (χ1) is 5.27. The van der Waals surface area contributed by atoms with Crippen LogP contribution in [0.5, 0.6) is 0 Å². The van der Waals surface area contributed by atoms with Gasteiger partial charge in [0, 0.05) is 25.0 Å². The third kappa shape index (κ3) is 2.10. The standard InChI is InChI=1S/C8H16N2O.2ClH/c1-10-3-7-2-9-4-8(7,5-10)6-11;;/h7,9,11H,2-6H2,1H3;2*1H/t7-,8+;;/m0../s1. The van der Waals surface area contributed by atoms with Crippen LogP contribution in [0.15, 0.2) is 0 Å². The highest BCUT2D eigenvalue weighted by atomic mass is 35.5. The monoisotopic (exact) mass is 228 g/mol. The summed E-state index contributed by atoms with van der Waals surface area (Å²) >= 11 is 0. The summed E-state index contributed by atoms with van der Waals surface area (Å²) < 4.78 is 0. The van der Waals surface area contributed by atoms with E-state index in [1.165, 1.54) is 0 Å². The maximum absolute atomic E-state index is 9.28. The summed E-state index contributed by atoms with van der Waals surface area (Å²) in [7, 11) is 2.13. The quantitative estimate of drug-likeness (QED) is 0.663. The van der Waals surface area contributed by atoms with Gasteiger partial charge in [-0.2, -0.15) is 0 Å². The first-order valence-electron chi connectivity index (χ1n) is 4.27. The Labute approximate surface area is 91.7 Å². The van der Waals surface area contributed by atoms with E-state index in [4.69, 9.17) is 0 Å². The third-order valence-electron chi connectivity index (χ3n) is 3.17. The largest absolute Gasteiger partial charge is 0.396 e. The van der Waals surface area contributed by atoms with Crippen LogP contribution in [0.2, 0.25) is 0 Å². The molecular weight excluding hydrogens is 211 g/mol. The number of aliphatic hydroxyl groups excluding tert-OH is 1. The van der Waals surface area contributed by atoms with Crippen LogP contribution in [0.3, 0.4) is 0 Å². The molecule has 2 aliphatic rings. The molecule has 2 saturated heterocycles. The molecule has 80 valence electrons. The van der Waals surface area contributed by atoms with Crippen molar-refractivity contribution >= 4 is 24.8 Å². The molecule has 13 heavy (non-hydrogen) atoms. The van der Waals surface area contributed by atoms with Crippen molar-refractivity contribution in [3.05, 3.63) is 0 Å². The zero-order valence-electron chi connectivity index (χ0n) is 7.82. The van der Waals surface area contributed by atoms with Gasteiger partial charge in [-0.3, -0.25) is 0 Å². The predicted octanol–water partition coefficient (Wildman–Crippen LogP) is -0.0265. The molecule has 5 heteroatoms. The fourth-order valence-electron chi connectivity index (χ4n) is 2.51. The predicted molar refractivity (Wildman–Crippen MR) is 57.9 cm³/mol. The molecule has 3 nitrogen and oxygen atoms in total. The van der Waals surface area contributed by atoms with E-state index in [1.807, 2.05) is 0 Å². The van der Waals surface area contributed by atoms with Gasteiger partial charge in [-0.25, -0.2) is 0 Å². The lowest BCUT2D eigenvalue weighted by Gasteiger charge is -2.24. The smallest absolute Gasteiger partial charge is 0.0515 e. The normalized spacial score (nSPS) is 37.8. The van der Waals surface area contributed by atoms with E-state index in [2.05, 4.69) is 17.3 Å². The summed E-state index contributed by atoms with van der Waals surface area (Å²) in [6.07, 6.45) is 0. The summed E-state index contributed by atoms with van der Waals surface area (Å²) in [5.41, 5.74) is 0.189. The number of halogens is 2. The molecule has 0 amide bonds. The zero-order chi connectivity index (χ0) is 7.90. The number of hydrogen-bond donors (Lipinski definition) is 2. The highest BCUT2D eigenvalue weighted by Gasteiger charge is 2.47. The number of aliphatic hydroxyl groups is 1. The fraction of sp³-hybridized carbons (Fsp3) is 1.00. The Bertz CT molecular complexity index is 170. The van der Waals surface area contributed by atoms with Crippen LogP contribution in [-0.2, 0) is 0 Å². The number of hydrogen-bond acceptors (Lipinski definition) is 3. The molecule has 0 bridgehead atoms. The van der Waals surface area contributed by atoms with Crippen LogP contribution in [-0.4, -0.2) is 49.8 Å². The summed E-state index contributed by atoms with van der Waals surface area (Å²) in [6.45, 7) is 4.63. The minimum atomic E-state index is 0. The van der Waals surface area contributed by atoms with Crippen LogP contribution < -0.4 is 5.32 Å². The summed E-state index contributed by atoms with van der Waals surface area (Å²) in [6, 6.07) is 0. The highest BCUT2D eigenvalue weighted by molar-refractivity contribution is 5.85. The molecule has 0 aliphatic carbocycles. The first kappa shape index (κ1) is 13.5. The number of fused-ring (bicyclic) bond motifs is 1. The van der Waals surface area contributed by atoms with Gasteiger partial charge in [-0.05, 0) is 19.5 Å². The van der Waals surface area contributed by atoms with E-state index in [9.17, 15) is 5.11 Å². The molecule has 0 unspecified atom stereocenters. The minimum absolute atomic E-state index is 0. The zero-order valence-corrected chi connectivity index (χ0v) is 9.46. The molecule has 2 heterocycles. The van der Waals surface area contributed by atoms with Gasteiger partial charge in [0.15, 0.2) is 0 Å². The SMILES string of the molecule is CN1C[C@@H]2CNC[C@]2(CO)C1.Cl.Cl. The van der Waals surface area contributed by atoms with Crippen molar-refractivity contribution < 1.29 is 5.11 Å². The van der Waals surface area contributed by atoms with Crippen molar-refractivity contribution in [2.75, 3.05) is 39.8 Å². The Morgan fingerprint density at radius 3 is 2.77 bits per heavy atom. The Morgan fingerprint density at radius 2 is 2.23 bits per heavy atom. The number of nitrogens with zero attached hydrogens (tertiary/aromatic N) is 1. The lowest BCUT2D eigenvalue weighted by Crippen LogP contribution is -2.35. The second kappa shape index (κ2) is 4.80. The molecule has 2 N–H and O–H groups in total. The lowest BCUT2D eigenvalue weighted by atomic mass is 9.82. The van der Waals surface area contributed by atoms with Gasteiger partial charge in [0.25, 0.3) is 0 Å². The van der Waals surface area contributed by atoms with Gasteiger partial charge in [0.2, 0.25) is 0 Å². The minimum Gasteiger partial charge on any atom is -0.396 e. The van der Waals surface area contributed by atoms with Crippen LogP contribution in [0.4, 0.5) is 0 Å². The van der Waals surface area contributed by atoms with E-state index >= 15 is 0 Å². The topological polar surface area (TPSA) is 35.5 Å². The van der Waals surface area contributed by atoms with Crippen LogP contribution in [0.25, 0.3) is 0 Å². The first-order valence-corrected chi connectivity index (χ1v) is 4.27. The second-order valence-corrected chi connectivity index (χ2v) is 4.05. The maximum atomic E-state index is 9.28. The molecule has 2 aliphatic heterocycles. The molecule has 0 radical (unpaired) electrons. The van der Waals surface area contributed by atoms with Crippen LogP contribution in [0.1, 0.15) is 0 Å². The summed E-state index contributed by atoms with van der Waals surface area (Å²) in [5.74, 6) is 0.678. The molecule has 0 saturated carbocycles. The van der Waals surface area contributed by atoms with Crippen molar-refractivity contribution in [3.8, 4) is 0 Å². The molecular formula is C8H18Cl2N2O. The second-order valence-electron chi connectivity index (χ2n) is 4.05. The van der Waals surface area contributed by atoms with Crippen molar-refractivity contribution in [2.24, 2.45) is 11.3 Å². The van der Waals surface area contributed by atoms with Gasteiger partial charge in [-0.1, -0.05) is 0 Å². The Morgan fingerprint density at radius 1 is 1.54 bits per heavy atom. The Kier molecular flexibility index (Phi) is 4.97. The van der Waals surface area contributed by atoms with Gasteiger partial charge >= 0.3 is 0 Å². The molecule has 2 fully saturated rings. The van der Waals surface area contributed by atoms with E-state index in [-0.39, 0.29) is 30.2 Å². The van der Waals surface area contributed by atoms with Crippen LogP contribution >= 0.6 is 24.8 Å². The van der Waals surface area contributed by atoms with Gasteiger partial charge in [0.05, 0.1) is 6.61 Å². The van der Waals surface area contributed by atoms with E-state index in [1.54, 1.807) is 0 Å². The van der Waals surface area contributed by atoms with Crippen molar-refractivity contribution in [1.82, 2.24) is 10.2 Å². The van der Waals surface area contributed by atoms with E-state index in [0.717, 1.165) is 26.2 Å². The van der Waals surface area contributed by atoms with Gasteiger partial charge < -0.3 is 15.3 Å². The van der Waals surface area contributed by atoms with Crippen molar-refractivity contribution in [1.29, 1.82) is 0 Å². The lowest BCUT2D eigenvalue weighted by molar-refractivity contribution is 0.127. The molecule has 0 spiro atoms. The average Bonchev–Trinajstić information content (AvgIpc) is 2.43. The summed E-state index contributed by atoms with van der Waals surface area (Å²) in [4.78, 5) is 2.32. The highest BCUT2D eigenvalue weighted by Crippen LogP contribution is 2.37. The average molecular weight is 229 g/mol. The molecule has 2 rings (SSSR count). The Hall–Kier alpha value is 0.460. The summed E-state index contributed by atoms with van der Waals surface area (Å²) in [5, 5.41) is 12.6. The fourth-order valence-corrected chi connectivity index (χ4v) is 2.51. The van der Waals surface area contributed by atoms with E-state index < -0.39 is 0 Å². The van der Waals surface area contributed by atoms with Crippen molar-refractivity contribution in [2.45, 2.75) is 0 Å². The number of nitrogens with one attached hydrogen (secondary N) is 1. The van der Waals surface area contributed by atoms with Gasteiger partial charge in [0.1, 0.15) is 0 Å². The van der Waals surface area contributed by atoms with Gasteiger partial charge in [-0.15, -0.1) is 24.8 Å². The maximum Gasteiger partial charge on any atom is 0.0515 e. The third-order valence-corrected chi connectivity index (χ3v) is 3.17. The molecule has 0 aromatic rings. The molecule has 0 aromatic carbocycles.